The summed E-state index contributed by atoms with van der Waals surface area (Å²) in [7, 11) is -6.53. The van der Waals surface area contributed by atoms with Crippen LogP contribution in [0.15, 0.2) is 388 Å². The van der Waals surface area contributed by atoms with Crippen molar-refractivity contribution in [3.05, 3.63) is 388 Å². The van der Waals surface area contributed by atoms with E-state index >= 15 is 0 Å². The number of rotatable bonds is 8. The van der Waals surface area contributed by atoms with Crippen LogP contribution in [0, 0.1) is 0 Å². The van der Waals surface area contributed by atoms with E-state index < -0.39 is 16.1 Å². The Kier molecular flexibility index (Phi) is 13.1. The van der Waals surface area contributed by atoms with Crippen LogP contribution in [0.4, 0.5) is 34.1 Å². The molecule has 22 rings (SSSR count). The molecule has 8 heteroatoms. The molecule has 0 aromatic heterocycles. The molecular weight excluding hydrogens is 1280 g/mol. The van der Waals surface area contributed by atoms with Gasteiger partial charge in [0.15, 0.2) is 16.1 Å². The van der Waals surface area contributed by atoms with Crippen molar-refractivity contribution >= 4 is 145 Å². The maximum Gasteiger partial charge on any atom is 0.329 e. The van der Waals surface area contributed by atoms with Crippen molar-refractivity contribution in [2.45, 2.75) is 0 Å². The molecule has 0 unspecified atom stereocenters. The topological polar surface area (TPSA) is 9.72 Å². The molecule has 480 valence electrons. The van der Waals surface area contributed by atoms with Crippen molar-refractivity contribution < 1.29 is 0 Å². The smallest absolute Gasteiger partial charge is 0.329 e. The van der Waals surface area contributed by atoms with Gasteiger partial charge in [0.2, 0.25) is 0 Å². The Balaban J connectivity index is 0.769. The lowest BCUT2D eigenvalue weighted by Crippen LogP contribution is -2.76. The summed E-state index contributed by atoms with van der Waals surface area (Å²) < 4.78 is 0. The molecule has 0 atom stereocenters. The predicted octanol–water partition coefficient (Wildman–Crippen LogP) is 13.2. The Morgan fingerprint density at radius 3 is 0.663 bits per heavy atom. The van der Waals surface area contributed by atoms with E-state index in [1.54, 1.807) is 0 Å². The molecule has 16 aromatic carbocycles. The van der Waals surface area contributed by atoms with Crippen molar-refractivity contribution in [1.29, 1.82) is 0 Å². The number of hydrogen-bond donors (Lipinski definition) is 0. The zero-order valence-electron chi connectivity index (χ0n) is 57.0. The van der Waals surface area contributed by atoms with Crippen molar-refractivity contribution in [3.63, 3.8) is 0 Å². The largest absolute Gasteiger partial charge is 0.376 e. The molecule has 6 heterocycles. The summed E-state index contributed by atoms with van der Waals surface area (Å²) >= 11 is 0. The Bertz CT molecular complexity index is 6130. The van der Waals surface area contributed by atoms with Crippen LogP contribution < -0.4 is 88.7 Å². The van der Waals surface area contributed by atoms with Crippen LogP contribution in [-0.2, 0) is 0 Å². The zero-order valence-corrected chi connectivity index (χ0v) is 59.0. The molecule has 6 aliphatic heterocycles. The number of anilines is 6. The number of nitrogens with zero attached hydrogens (tertiary/aromatic N) is 3. The van der Waals surface area contributed by atoms with Crippen LogP contribution in [0.1, 0.15) is 0 Å². The molecular formula is C96H64B3N3Si2. The Morgan fingerprint density at radius 2 is 0.356 bits per heavy atom. The fourth-order valence-electron chi connectivity index (χ4n) is 19.8. The SMILES string of the molecule is c1ccc([Si](c2ccccc2)(c2ccc3c(c2)B2c4ccc([Si](c5ccccc5)(c5ccccc5)c5ccc6c(c5)-c5ccccc5N5B6c6ccccc6-c6ccccc65)cc4-c4ccccc4N2c2ccccc2-3)c2ccc3c(c2)-c2ccccc2N2B3c3ccccc3-c3ccccc32)cc1. The third-order valence-electron chi connectivity index (χ3n) is 24.0. The van der Waals surface area contributed by atoms with Gasteiger partial charge < -0.3 is 14.4 Å². The van der Waals surface area contributed by atoms with Gasteiger partial charge in [-0.25, -0.2) is 0 Å². The summed E-state index contributed by atoms with van der Waals surface area (Å²) in [5.74, 6) is 0. The molecule has 6 aliphatic rings. The maximum absolute atomic E-state index is 3.28. The summed E-state index contributed by atoms with van der Waals surface area (Å²) in [5.41, 5.74) is 30.6. The van der Waals surface area contributed by atoms with Gasteiger partial charge in [0, 0.05) is 67.5 Å². The summed E-state index contributed by atoms with van der Waals surface area (Å²) in [4.78, 5) is 7.93. The third kappa shape index (κ3) is 8.26. The highest BCUT2D eigenvalue weighted by Gasteiger charge is 2.51. The minimum atomic E-state index is -3.28. The van der Waals surface area contributed by atoms with Gasteiger partial charge in [-0.3, -0.25) is 0 Å². The number of benzene rings is 16. The van der Waals surface area contributed by atoms with Gasteiger partial charge in [0.1, 0.15) is 0 Å². The van der Waals surface area contributed by atoms with Gasteiger partial charge in [-0.05, 0) is 144 Å². The van der Waals surface area contributed by atoms with E-state index in [4.69, 9.17) is 0 Å². The Labute approximate surface area is 610 Å². The van der Waals surface area contributed by atoms with E-state index in [-0.39, 0.29) is 20.5 Å². The second-order valence-corrected chi connectivity index (χ2v) is 36.4. The van der Waals surface area contributed by atoms with Gasteiger partial charge >= 0.3 is 20.5 Å². The highest BCUT2D eigenvalue weighted by molar-refractivity contribution is 7.21. The number of fused-ring (bicyclic) bond motifs is 33. The fourth-order valence-corrected chi connectivity index (χ4v) is 29.4. The normalized spacial score (nSPS) is 13.5. The molecule has 0 bridgehead atoms. The molecule has 0 aliphatic carbocycles. The lowest BCUT2D eigenvalue weighted by Gasteiger charge is -2.45. The molecule has 0 fully saturated rings. The van der Waals surface area contributed by atoms with Gasteiger partial charge in [-0.15, -0.1) is 0 Å². The van der Waals surface area contributed by atoms with Gasteiger partial charge in [-0.1, -0.05) is 352 Å². The average molecular weight is 1350 g/mol. The second kappa shape index (κ2) is 23.0. The average Bonchev–Trinajstić information content (AvgIpc) is 0.710. The van der Waals surface area contributed by atoms with Crippen LogP contribution in [0.5, 0.6) is 0 Å². The first-order valence-electron chi connectivity index (χ1n) is 36.6. The zero-order chi connectivity index (χ0) is 68.2. The monoisotopic (exact) mass is 1350 g/mol. The van der Waals surface area contributed by atoms with Crippen molar-refractivity contribution in [2.24, 2.45) is 0 Å². The maximum atomic E-state index is 2.69. The van der Waals surface area contributed by atoms with Crippen LogP contribution in [0.3, 0.4) is 0 Å². The summed E-state index contributed by atoms with van der Waals surface area (Å²) in [6, 6.07) is 150. The highest BCUT2D eigenvalue weighted by Crippen LogP contribution is 2.49. The molecule has 0 N–H and O–H groups in total. The summed E-state index contributed by atoms with van der Waals surface area (Å²) in [6.45, 7) is -0.205. The minimum Gasteiger partial charge on any atom is -0.376 e. The van der Waals surface area contributed by atoms with Crippen LogP contribution >= 0.6 is 0 Å². The first kappa shape index (κ1) is 59.3. The van der Waals surface area contributed by atoms with Gasteiger partial charge in [0.25, 0.3) is 0 Å². The fraction of sp³-hybridized carbons (Fsp3) is 0. The Hall–Kier alpha value is -12.5. The predicted molar refractivity (Wildman–Crippen MR) is 447 cm³/mol. The molecule has 104 heavy (non-hydrogen) atoms. The van der Waals surface area contributed by atoms with Gasteiger partial charge in [-0.2, -0.15) is 0 Å². The van der Waals surface area contributed by atoms with E-state index in [0.29, 0.717) is 0 Å². The quantitative estimate of drug-likeness (QED) is 0.111. The van der Waals surface area contributed by atoms with Crippen LogP contribution in [0.2, 0.25) is 0 Å². The van der Waals surface area contributed by atoms with Crippen LogP contribution in [0.25, 0.3) is 66.8 Å². The summed E-state index contributed by atoms with van der Waals surface area (Å²) in [6.07, 6.45) is 0. The van der Waals surface area contributed by atoms with E-state index in [9.17, 15) is 0 Å². The van der Waals surface area contributed by atoms with Crippen molar-refractivity contribution in [3.8, 4) is 66.8 Å². The lowest BCUT2D eigenvalue weighted by molar-refractivity contribution is 1.35. The van der Waals surface area contributed by atoms with Gasteiger partial charge in [0.05, 0.1) is 0 Å². The van der Waals surface area contributed by atoms with E-state index in [2.05, 4.69) is 403 Å². The van der Waals surface area contributed by atoms with E-state index in [0.717, 1.165) is 0 Å². The third-order valence-corrected chi connectivity index (χ3v) is 33.5. The molecule has 0 saturated carbocycles. The van der Waals surface area contributed by atoms with Crippen molar-refractivity contribution in [1.82, 2.24) is 0 Å². The second-order valence-electron chi connectivity index (χ2n) is 28.8. The standard InChI is InChI=1S/C96H64B3N3Si2/c1-5-29-65(30-6-1)103(66-31-7-2-8-32-66,69-54-58-87-82(61-69)79-42-18-26-50-94(79)100-91-47-23-15-39-76(91)73-37-13-21-45-85(73)97(87)100)70-56-60-89-84(62-70)81-44-20-28-52-96(81)102-93-49-25-17-41-78(93)75-57-53-72(64-90(75)99(89)102)104(67-33-9-3-10-34-67,68-35-11-4-12-36-68)71-55-59-88-83(63-71)80-43-19-27-51-95(80)101-92-48-24-16-40-77(92)74-38-14-22-46-86(74)98(88)101/h1-64H. The van der Waals surface area contributed by atoms with Crippen molar-refractivity contribution in [2.75, 3.05) is 14.4 Å². The number of hydrogen-bond acceptors (Lipinski definition) is 3. The lowest BCUT2D eigenvalue weighted by atomic mass is 9.43. The Morgan fingerprint density at radius 1 is 0.144 bits per heavy atom. The number of para-hydroxylation sites is 6. The molecule has 16 aromatic rings. The molecule has 3 nitrogen and oxygen atoms in total. The molecule has 0 saturated heterocycles. The molecule has 0 amide bonds. The molecule has 0 radical (unpaired) electrons. The first-order valence-corrected chi connectivity index (χ1v) is 40.6. The first-order chi connectivity index (χ1) is 51.6. The molecule has 0 spiro atoms. The highest BCUT2D eigenvalue weighted by atomic mass is 28.3. The minimum absolute atomic E-state index is 0.0127. The summed E-state index contributed by atoms with van der Waals surface area (Å²) in [5, 5.41) is 10.8. The van der Waals surface area contributed by atoms with Crippen LogP contribution in [-0.4, -0.2) is 36.7 Å². The van der Waals surface area contributed by atoms with E-state index in [1.165, 1.54) is 175 Å². The van der Waals surface area contributed by atoms with E-state index in [1.807, 2.05) is 0 Å².